The molecule has 0 aromatic carbocycles. The average Bonchev–Trinajstić information content (AvgIpc) is 1.95. The third kappa shape index (κ3) is 2.68. The Hall–Kier alpha value is -0.0800. The average molecular weight is 185 g/mol. The van der Waals surface area contributed by atoms with E-state index in [0.717, 1.165) is 13.2 Å². The monoisotopic (exact) mass is 185 g/mol. The summed E-state index contributed by atoms with van der Waals surface area (Å²) in [6.45, 7) is 14.4. The molecule has 0 N–H and O–H groups in total. The summed E-state index contributed by atoms with van der Waals surface area (Å²) in [5.74, 6) is 0. The van der Waals surface area contributed by atoms with Crippen LogP contribution in [0.2, 0.25) is 0 Å². The van der Waals surface area contributed by atoms with E-state index in [0.29, 0.717) is 17.5 Å². The van der Waals surface area contributed by atoms with E-state index in [4.69, 9.17) is 4.74 Å². The second kappa shape index (κ2) is 3.97. The van der Waals surface area contributed by atoms with Gasteiger partial charge in [0.25, 0.3) is 0 Å². The standard InChI is InChI=1S/C11H23NO/c1-9(2)12(10(3)4)6-11(5)7-13-8-11/h9-10H,6-8H2,1-5H3. The smallest absolute Gasteiger partial charge is 0.0554 e. The lowest BCUT2D eigenvalue weighted by molar-refractivity contribution is -0.121. The molecule has 1 heterocycles. The zero-order valence-electron chi connectivity index (χ0n) is 9.63. The summed E-state index contributed by atoms with van der Waals surface area (Å²) in [5, 5.41) is 0. The zero-order chi connectivity index (χ0) is 10.1. The van der Waals surface area contributed by atoms with E-state index in [2.05, 4.69) is 39.5 Å². The van der Waals surface area contributed by atoms with Gasteiger partial charge >= 0.3 is 0 Å². The first-order valence-corrected chi connectivity index (χ1v) is 5.28. The Kier molecular flexibility index (Phi) is 3.36. The first-order chi connectivity index (χ1) is 5.94. The molecule has 13 heavy (non-hydrogen) atoms. The molecule has 0 aromatic rings. The van der Waals surface area contributed by atoms with Crippen molar-refractivity contribution >= 4 is 0 Å². The fourth-order valence-corrected chi connectivity index (χ4v) is 1.94. The van der Waals surface area contributed by atoms with E-state index in [9.17, 15) is 0 Å². The van der Waals surface area contributed by atoms with Gasteiger partial charge in [-0.25, -0.2) is 0 Å². The van der Waals surface area contributed by atoms with Crippen molar-refractivity contribution < 1.29 is 4.74 Å². The molecule has 1 saturated heterocycles. The third-order valence-corrected chi connectivity index (χ3v) is 2.79. The van der Waals surface area contributed by atoms with Gasteiger partial charge in [-0.1, -0.05) is 6.92 Å². The Bertz CT molecular complexity index is 153. The van der Waals surface area contributed by atoms with Crippen LogP contribution in [0.25, 0.3) is 0 Å². The second-order valence-corrected chi connectivity index (χ2v) is 5.16. The molecular formula is C11H23NO. The number of rotatable bonds is 4. The van der Waals surface area contributed by atoms with Crippen LogP contribution >= 0.6 is 0 Å². The molecule has 78 valence electrons. The van der Waals surface area contributed by atoms with Crippen molar-refractivity contribution in [3.05, 3.63) is 0 Å². The molecular weight excluding hydrogens is 162 g/mol. The van der Waals surface area contributed by atoms with E-state index < -0.39 is 0 Å². The SMILES string of the molecule is CC(C)N(CC1(C)COC1)C(C)C. The van der Waals surface area contributed by atoms with Gasteiger partial charge in [-0.15, -0.1) is 0 Å². The summed E-state index contributed by atoms with van der Waals surface area (Å²) in [4.78, 5) is 2.54. The molecule has 2 nitrogen and oxygen atoms in total. The highest BCUT2D eigenvalue weighted by molar-refractivity contribution is 4.86. The maximum atomic E-state index is 5.27. The first-order valence-electron chi connectivity index (χ1n) is 5.28. The highest BCUT2D eigenvalue weighted by Crippen LogP contribution is 2.28. The van der Waals surface area contributed by atoms with E-state index in [-0.39, 0.29) is 0 Å². The lowest BCUT2D eigenvalue weighted by Crippen LogP contribution is -2.52. The summed E-state index contributed by atoms with van der Waals surface area (Å²) < 4.78 is 5.27. The summed E-state index contributed by atoms with van der Waals surface area (Å²) in [5.41, 5.74) is 0.411. The Morgan fingerprint density at radius 3 is 1.85 bits per heavy atom. The number of nitrogens with zero attached hydrogens (tertiary/aromatic N) is 1. The van der Waals surface area contributed by atoms with E-state index in [1.165, 1.54) is 6.54 Å². The predicted octanol–water partition coefficient (Wildman–Crippen LogP) is 2.14. The Labute approximate surface area is 82.3 Å². The van der Waals surface area contributed by atoms with Crippen LogP contribution in [0.4, 0.5) is 0 Å². The van der Waals surface area contributed by atoms with E-state index >= 15 is 0 Å². The summed E-state index contributed by atoms with van der Waals surface area (Å²) >= 11 is 0. The normalized spacial score (nSPS) is 21.2. The van der Waals surface area contributed by atoms with Crippen molar-refractivity contribution in [2.45, 2.75) is 46.7 Å². The lowest BCUT2D eigenvalue weighted by Gasteiger charge is -2.44. The van der Waals surface area contributed by atoms with Crippen LogP contribution in [0, 0.1) is 5.41 Å². The zero-order valence-corrected chi connectivity index (χ0v) is 9.63. The second-order valence-electron chi connectivity index (χ2n) is 5.16. The number of hydrogen-bond acceptors (Lipinski definition) is 2. The van der Waals surface area contributed by atoms with Gasteiger partial charge in [0.1, 0.15) is 0 Å². The quantitative estimate of drug-likeness (QED) is 0.665. The van der Waals surface area contributed by atoms with Crippen LogP contribution in [-0.4, -0.2) is 36.7 Å². The van der Waals surface area contributed by atoms with E-state index in [1.807, 2.05) is 0 Å². The fourth-order valence-electron chi connectivity index (χ4n) is 1.94. The Morgan fingerprint density at radius 1 is 1.15 bits per heavy atom. The molecule has 0 aliphatic carbocycles. The van der Waals surface area contributed by atoms with Gasteiger partial charge in [0, 0.05) is 24.0 Å². The first kappa shape index (κ1) is 11.0. The molecule has 0 radical (unpaired) electrons. The summed E-state index contributed by atoms with van der Waals surface area (Å²) in [7, 11) is 0. The van der Waals surface area contributed by atoms with Crippen molar-refractivity contribution in [3.8, 4) is 0 Å². The largest absolute Gasteiger partial charge is 0.380 e. The van der Waals surface area contributed by atoms with Gasteiger partial charge in [0.05, 0.1) is 13.2 Å². The minimum absolute atomic E-state index is 0.411. The van der Waals surface area contributed by atoms with Gasteiger partial charge in [0.15, 0.2) is 0 Å². The van der Waals surface area contributed by atoms with Crippen molar-refractivity contribution in [1.29, 1.82) is 0 Å². The minimum atomic E-state index is 0.411. The molecule has 0 aromatic heterocycles. The summed E-state index contributed by atoms with van der Waals surface area (Å²) in [6, 6.07) is 1.27. The van der Waals surface area contributed by atoms with Gasteiger partial charge in [-0.2, -0.15) is 0 Å². The topological polar surface area (TPSA) is 12.5 Å². The third-order valence-electron chi connectivity index (χ3n) is 2.79. The molecule has 0 saturated carbocycles. The van der Waals surface area contributed by atoms with Gasteiger partial charge in [-0.3, -0.25) is 4.90 Å². The maximum Gasteiger partial charge on any atom is 0.0554 e. The van der Waals surface area contributed by atoms with Crippen molar-refractivity contribution in [2.75, 3.05) is 19.8 Å². The molecule has 1 aliphatic rings. The molecule has 0 unspecified atom stereocenters. The Morgan fingerprint density at radius 2 is 1.62 bits per heavy atom. The van der Waals surface area contributed by atoms with Gasteiger partial charge in [0.2, 0.25) is 0 Å². The molecule has 0 spiro atoms. The fraction of sp³-hybridized carbons (Fsp3) is 1.00. The van der Waals surface area contributed by atoms with Crippen molar-refractivity contribution in [2.24, 2.45) is 5.41 Å². The predicted molar refractivity (Wildman–Crippen MR) is 55.9 cm³/mol. The van der Waals surface area contributed by atoms with E-state index in [1.54, 1.807) is 0 Å². The van der Waals surface area contributed by atoms with Crippen molar-refractivity contribution in [1.82, 2.24) is 4.90 Å². The van der Waals surface area contributed by atoms with Crippen LogP contribution in [0.3, 0.4) is 0 Å². The highest BCUT2D eigenvalue weighted by atomic mass is 16.5. The molecule has 1 fully saturated rings. The molecule has 0 atom stereocenters. The van der Waals surface area contributed by atoms with Crippen LogP contribution in [0.1, 0.15) is 34.6 Å². The maximum absolute atomic E-state index is 5.27. The van der Waals surface area contributed by atoms with Gasteiger partial charge < -0.3 is 4.74 Å². The van der Waals surface area contributed by atoms with Crippen LogP contribution < -0.4 is 0 Å². The number of hydrogen-bond donors (Lipinski definition) is 0. The van der Waals surface area contributed by atoms with Crippen molar-refractivity contribution in [3.63, 3.8) is 0 Å². The number of ether oxygens (including phenoxy) is 1. The lowest BCUT2D eigenvalue weighted by atomic mass is 9.87. The molecule has 1 aliphatic heterocycles. The molecule has 0 amide bonds. The van der Waals surface area contributed by atoms with Crippen LogP contribution in [0.5, 0.6) is 0 Å². The highest BCUT2D eigenvalue weighted by Gasteiger charge is 2.36. The Balaban J connectivity index is 2.47. The van der Waals surface area contributed by atoms with Crippen LogP contribution in [0.15, 0.2) is 0 Å². The molecule has 2 heteroatoms. The minimum Gasteiger partial charge on any atom is -0.380 e. The molecule has 0 bridgehead atoms. The van der Waals surface area contributed by atoms with Crippen LogP contribution in [-0.2, 0) is 4.74 Å². The molecule has 1 rings (SSSR count). The summed E-state index contributed by atoms with van der Waals surface area (Å²) in [6.07, 6.45) is 0. The van der Waals surface area contributed by atoms with Gasteiger partial charge in [-0.05, 0) is 27.7 Å².